The highest BCUT2D eigenvalue weighted by Crippen LogP contribution is 2.46. The molecule has 0 aliphatic carbocycles. The zero-order valence-electron chi connectivity index (χ0n) is 10.8. The van der Waals surface area contributed by atoms with Crippen molar-refractivity contribution in [1.29, 1.82) is 0 Å². The highest BCUT2D eigenvalue weighted by Gasteiger charge is 2.28. The second-order valence-electron chi connectivity index (χ2n) is 3.42. The molecule has 0 atom stereocenters. The van der Waals surface area contributed by atoms with Crippen molar-refractivity contribution in [1.82, 2.24) is 0 Å². The van der Waals surface area contributed by atoms with Crippen molar-refractivity contribution in [3.63, 3.8) is 0 Å². The Morgan fingerprint density at radius 3 is 2.32 bits per heavy atom. The standard InChI is InChI=1S/C11H15NO7/c1-16-6-19-8-4-7(5-13)9(12(14)15)11(18-3)10(8)17-2/h4,13H,5-6H2,1-3H3. The molecule has 0 heterocycles. The van der Waals surface area contributed by atoms with Crippen LogP contribution in [0.1, 0.15) is 5.56 Å². The van der Waals surface area contributed by atoms with E-state index in [9.17, 15) is 15.2 Å². The molecule has 0 bridgehead atoms. The number of methoxy groups -OCH3 is 3. The molecule has 106 valence electrons. The van der Waals surface area contributed by atoms with Gasteiger partial charge in [0, 0.05) is 7.11 Å². The molecule has 0 unspecified atom stereocenters. The van der Waals surface area contributed by atoms with E-state index in [4.69, 9.17) is 18.9 Å². The fourth-order valence-corrected chi connectivity index (χ4v) is 1.59. The van der Waals surface area contributed by atoms with Gasteiger partial charge in [0.05, 0.1) is 31.3 Å². The molecule has 8 nitrogen and oxygen atoms in total. The first kappa shape index (κ1) is 15.0. The monoisotopic (exact) mass is 273 g/mol. The summed E-state index contributed by atoms with van der Waals surface area (Å²) in [5.74, 6) is 0.157. The summed E-state index contributed by atoms with van der Waals surface area (Å²) in [6, 6.07) is 1.32. The lowest BCUT2D eigenvalue weighted by atomic mass is 10.1. The van der Waals surface area contributed by atoms with Gasteiger partial charge in [-0.05, 0) is 6.07 Å². The molecule has 8 heteroatoms. The SMILES string of the molecule is COCOc1cc(CO)c([N+](=O)[O-])c(OC)c1OC. The van der Waals surface area contributed by atoms with Gasteiger partial charge in [-0.15, -0.1) is 0 Å². The van der Waals surface area contributed by atoms with Gasteiger partial charge in [0.15, 0.2) is 12.5 Å². The van der Waals surface area contributed by atoms with E-state index in [-0.39, 0.29) is 35.3 Å². The topological polar surface area (TPSA) is 100 Å². The van der Waals surface area contributed by atoms with Gasteiger partial charge in [-0.2, -0.15) is 0 Å². The molecule has 1 rings (SSSR count). The summed E-state index contributed by atoms with van der Waals surface area (Å²) in [6.07, 6.45) is 0. The molecule has 1 aromatic carbocycles. The molecule has 0 fully saturated rings. The average Bonchev–Trinajstić information content (AvgIpc) is 2.42. The minimum Gasteiger partial charge on any atom is -0.490 e. The van der Waals surface area contributed by atoms with Crippen molar-refractivity contribution >= 4 is 5.69 Å². The number of benzene rings is 1. The summed E-state index contributed by atoms with van der Waals surface area (Å²) in [5, 5.41) is 20.3. The first-order valence-corrected chi connectivity index (χ1v) is 5.25. The third kappa shape index (κ3) is 3.04. The largest absolute Gasteiger partial charge is 0.490 e. The Morgan fingerprint density at radius 2 is 1.89 bits per heavy atom. The van der Waals surface area contributed by atoms with Gasteiger partial charge in [0.2, 0.25) is 11.5 Å². The third-order valence-corrected chi connectivity index (χ3v) is 2.35. The Kier molecular flexibility index (Phi) is 5.34. The predicted octanol–water partition coefficient (Wildman–Crippen LogP) is 1.09. The predicted molar refractivity (Wildman–Crippen MR) is 64.6 cm³/mol. The Morgan fingerprint density at radius 1 is 1.26 bits per heavy atom. The maximum atomic E-state index is 11.0. The van der Waals surface area contributed by atoms with Gasteiger partial charge in [-0.1, -0.05) is 0 Å². The Hall–Kier alpha value is -2.06. The number of nitrogens with zero attached hydrogens (tertiary/aromatic N) is 1. The Balaban J connectivity index is 3.46. The highest BCUT2D eigenvalue weighted by molar-refractivity contribution is 5.66. The average molecular weight is 273 g/mol. The van der Waals surface area contributed by atoms with Crippen molar-refractivity contribution in [3.05, 3.63) is 21.7 Å². The number of aliphatic hydroxyl groups excluding tert-OH is 1. The van der Waals surface area contributed by atoms with Crippen molar-refractivity contribution in [2.75, 3.05) is 28.1 Å². The van der Waals surface area contributed by atoms with Crippen LogP contribution in [-0.4, -0.2) is 38.2 Å². The van der Waals surface area contributed by atoms with Crippen LogP contribution < -0.4 is 14.2 Å². The van der Waals surface area contributed by atoms with Crippen molar-refractivity contribution in [3.8, 4) is 17.2 Å². The zero-order valence-corrected chi connectivity index (χ0v) is 10.8. The van der Waals surface area contributed by atoms with Crippen LogP contribution in [0, 0.1) is 10.1 Å². The van der Waals surface area contributed by atoms with E-state index in [1.165, 1.54) is 27.4 Å². The van der Waals surface area contributed by atoms with Crippen LogP contribution in [0.5, 0.6) is 17.2 Å². The van der Waals surface area contributed by atoms with Gasteiger partial charge in [-0.3, -0.25) is 10.1 Å². The summed E-state index contributed by atoms with van der Waals surface area (Å²) in [4.78, 5) is 10.4. The molecule has 1 N–H and O–H groups in total. The van der Waals surface area contributed by atoms with Crippen LogP contribution >= 0.6 is 0 Å². The summed E-state index contributed by atoms with van der Waals surface area (Å²) in [7, 11) is 4.04. The fraction of sp³-hybridized carbons (Fsp3) is 0.455. The summed E-state index contributed by atoms with van der Waals surface area (Å²) >= 11 is 0. The molecule has 0 aliphatic rings. The molecule has 19 heavy (non-hydrogen) atoms. The quantitative estimate of drug-likeness (QED) is 0.450. The summed E-state index contributed by atoms with van der Waals surface area (Å²) in [5.41, 5.74) is -0.291. The number of ether oxygens (including phenoxy) is 4. The Labute approximate surface area is 109 Å². The van der Waals surface area contributed by atoms with Crippen LogP contribution in [0.2, 0.25) is 0 Å². The molecular weight excluding hydrogens is 258 g/mol. The lowest BCUT2D eigenvalue weighted by molar-refractivity contribution is -0.386. The van der Waals surface area contributed by atoms with Gasteiger partial charge in [0.25, 0.3) is 0 Å². The second-order valence-corrected chi connectivity index (χ2v) is 3.42. The van der Waals surface area contributed by atoms with Crippen LogP contribution in [0.4, 0.5) is 5.69 Å². The van der Waals surface area contributed by atoms with Crippen molar-refractivity contribution in [2.45, 2.75) is 6.61 Å². The van der Waals surface area contributed by atoms with E-state index >= 15 is 0 Å². The maximum Gasteiger partial charge on any atom is 0.320 e. The molecule has 0 aromatic heterocycles. The van der Waals surface area contributed by atoms with E-state index in [0.29, 0.717) is 0 Å². The van der Waals surface area contributed by atoms with E-state index in [1.807, 2.05) is 0 Å². The minimum absolute atomic E-state index is 0.0637. The second kappa shape index (κ2) is 6.76. The molecule has 0 radical (unpaired) electrons. The Bertz CT molecular complexity index is 461. The van der Waals surface area contributed by atoms with E-state index in [2.05, 4.69) is 0 Å². The number of rotatable bonds is 7. The zero-order chi connectivity index (χ0) is 14.4. The molecule has 0 aliphatic heterocycles. The van der Waals surface area contributed by atoms with Crippen molar-refractivity contribution in [2.24, 2.45) is 0 Å². The summed E-state index contributed by atoms with van der Waals surface area (Å²) in [6.45, 7) is -0.595. The van der Waals surface area contributed by atoms with Gasteiger partial charge in [0.1, 0.15) is 0 Å². The number of aliphatic hydroxyl groups is 1. The molecule has 0 saturated carbocycles. The van der Waals surface area contributed by atoms with Gasteiger partial charge >= 0.3 is 5.69 Å². The first-order valence-electron chi connectivity index (χ1n) is 5.25. The van der Waals surface area contributed by atoms with Gasteiger partial charge < -0.3 is 24.1 Å². The number of hydrogen-bond acceptors (Lipinski definition) is 7. The smallest absolute Gasteiger partial charge is 0.320 e. The molecular formula is C11H15NO7. The maximum absolute atomic E-state index is 11.0. The minimum atomic E-state index is -0.646. The van der Waals surface area contributed by atoms with Crippen molar-refractivity contribution < 1.29 is 29.0 Å². The lowest BCUT2D eigenvalue weighted by Gasteiger charge is -2.15. The summed E-state index contributed by atoms with van der Waals surface area (Å²) < 4.78 is 20.0. The number of nitro benzene ring substituents is 1. The van der Waals surface area contributed by atoms with E-state index < -0.39 is 11.5 Å². The van der Waals surface area contributed by atoms with E-state index in [0.717, 1.165) is 0 Å². The molecule has 0 saturated heterocycles. The number of nitro groups is 1. The number of hydrogen-bond donors (Lipinski definition) is 1. The van der Waals surface area contributed by atoms with Crippen LogP contribution in [0.3, 0.4) is 0 Å². The normalized spacial score (nSPS) is 10.1. The molecule has 0 amide bonds. The van der Waals surface area contributed by atoms with Crippen LogP contribution in [0.25, 0.3) is 0 Å². The molecule has 0 spiro atoms. The third-order valence-electron chi connectivity index (χ3n) is 2.35. The molecule has 1 aromatic rings. The van der Waals surface area contributed by atoms with Crippen LogP contribution in [0.15, 0.2) is 6.07 Å². The van der Waals surface area contributed by atoms with Crippen LogP contribution in [-0.2, 0) is 11.3 Å². The highest BCUT2D eigenvalue weighted by atomic mass is 16.7. The van der Waals surface area contributed by atoms with Gasteiger partial charge in [-0.25, -0.2) is 0 Å². The van der Waals surface area contributed by atoms with E-state index in [1.54, 1.807) is 0 Å². The lowest BCUT2D eigenvalue weighted by Crippen LogP contribution is -2.06. The first-order chi connectivity index (χ1) is 9.10. The fourth-order valence-electron chi connectivity index (χ4n) is 1.59.